The summed E-state index contributed by atoms with van der Waals surface area (Å²) in [6.45, 7) is 1.99. The molecule has 20 heavy (non-hydrogen) atoms. The van der Waals surface area contributed by atoms with Gasteiger partial charge in [-0.2, -0.15) is 5.26 Å². The number of carbonyl (C=O) groups is 1. The standard InChI is InChI=1S/C17H16N2O/c1-2-16(14-8-4-3-5-9-14)17(20)19-15-10-6-7-13(11-15)12-18/h3-11,16H,2H2,1H3,(H,19,20). The van der Waals surface area contributed by atoms with Crippen LogP contribution in [-0.4, -0.2) is 5.91 Å². The zero-order chi connectivity index (χ0) is 14.4. The molecular weight excluding hydrogens is 248 g/mol. The Morgan fingerprint density at radius 2 is 1.95 bits per heavy atom. The van der Waals surface area contributed by atoms with Crippen LogP contribution in [0.1, 0.15) is 30.4 Å². The molecule has 0 radical (unpaired) electrons. The SMILES string of the molecule is CCC(C(=O)Nc1cccc(C#N)c1)c1ccccc1. The Kier molecular flexibility index (Phi) is 4.52. The van der Waals surface area contributed by atoms with Crippen LogP contribution in [-0.2, 0) is 4.79 Å². The number of nitrogens with zero attached hydrogens (tertiary/aromatic N) is 1. The first-order chi connectivity index (χ1) is 9.74. The fourth-order valence-electron chi connectivity index (χ4n) is 2.15. The Morgan fingerprint density at radius 1 is 1.20 bits per heavy atom. The Labute approximate surface area is 118 Å². The van der Waals surface area contributed by atoms with E-state index in [9.17, 15) is 4.79 Å². The maximum atomic E-state index is 12.3. The van der Waals surface area contributed by atoms with Gasteiger partial charge in [-0.1, -0.05) is 43.3 Å². The van der Waals surface area contributed by atoms with Crippen molar-refractivity contribution >= 4 is 11.6 Å². The molecule has 0 heterocycles. The van der Waals surface area contributed by atoms with Gasteiger partial charge in [0.15, 0.2) is 0 Å². The van der Waals surface area contributed by atoms with Crippen LogP contribution in [0.4, 0.5) is 5.69 Å². The van der Waals surface area contributed by atoms with E-state index in [-0.39, 0.29) is 11.8 Å². The number of nitriles is 1. The van der Waals surface area contributed by atoms with E-state index in [4.69, 9.17) is 5.26 Å². The van der Waals surface area contributed by atoms with Crippen LogP contribution < -0.4 is 5.32 Å². The Bertz CT molecular complexity index is 629. The van der Waals surface area contributed by atoms with E-state index in [1.165, 1.54) is 0 Å². The van der Waals surface area contributed by atoms with Crippen molar-refractivity contribution in [2.45, 2.75) is 19.3 Å². The van der Waals surface area contributed by atoms with Crippen molar-refractivity contribution in [3.63, 3.8) is 0 Å². The van der Waals surface area contributed by atoms with Crippen molar-refractivity contribution in [3.05, 3.63) is 65.7 Å². The molecule has 1 N–H and O–H groups in total. The highest BCUT2D eigenvalue weighted by Gasteiger charge is 2.18. The quantitative estimate of drug-likeness (QED) is 0.915. The van der Waals surface area contributed by atoms with E-state index in [1.807, 2.05) is 37.3 Å². The molecule has 3 heteroatoms. The minimum Gasteiger partial charge on any atom is -0.326 e. The largest absolute Gasteiger partial charge is 0.326 e. The first-order valence-corrected chi connectivity index (χ1v) is 6.60. The molecule has 0 aliphatic carbocycles. The predicted octanol–water partition coefficient (Wildman–Crippen LogP) is 3.69. The summed E-state index contributed by atoms with van der Waals surface area (Å²) in [5.74, 6) is -0.226. The van der Waals surface area contributed by atoms with Crippen LogP contribution in [0, 0.1) is 11.3 Å². The molecule has 0 aliphatic heterocycles. The lowest BCUT2D eigenvalue weighted by Gasteiger charge is -2.15. The summed E-state index contributed by atoms with van der Waals surface area (Å²) in [6.07, 6.45) is 0.730. The van der Waals surface area contributed by atoms with Gasteiger partial charge in [-0.25, -0.2) is 0 Å². The van der Waals surface area contributed by atoms with Crippen LogP contribution >= 0.6 is 0 Å². The van der Waals surface area contributed by atoms with Gasteiger partial charge in [-0.3, -0.25) is 4.79 Å². The Morgan fingerprint density at radius 3 is 2.60 bits per heavy atom. The first kappa shape index (κ1) is 13.8. The topological polar surface area (TPSA) is 52.9 Å². The van der Waals surface area contributed by atoms with Crippen LogP contribution in [0.5, 0.6) is 0 Å². The molecule has 3 nitrogen and oxygen atoms in total. The molecule has 0 aromatic heterocycles. The zero-order valence-electron chi connectivity index (χ0n) is 11.3. The molecule has 0 fully saturated rings. The number of hydrogen-bond acceptors (Lipinski definition) is 2. The smallest absolute Gasteiger partial charge is 0.231 e. The van der Waals surface area contributed by atoms with Gasteiger partial charge in [0.25, 0.3) is 0 Å². The second-order valence-corrected chi connectivity index (χ2v) is 4.55. The van der Waals surface area contributed by atoms with E-state index in [0.717, 1.165) is 12.0 Å². The molecule has 100 valence electrons. The van der Waals surface area contributed by atoms with Gasteiger partial charge in [-0.05, 0) is 30.2 Å². The lowest BCUT2D eigenvalue weighted by molar-refractivity contribution is -0.117. The number of amides is 1. The number of nitrogens with one attached hydrogen (secondary N) is 1. The van der Waals surface area contributed by atoms with Crippen molar-refractivity contribution in [3.8, 4) is 6.07 Å². The minimum atomic E-state index is -0.179. The summed E-state index contributed by atoms with van der Waals surface area (Å²) >= 11 is 0. The molecule has 1 amide bonds. The second kappa shape index (κ2) is 6.53. The van der Waals surface area contributed by atoms with E-state index in [1.54, 1.807) is 24.3 Å². The van der Waals surface area contributed by atoms with Crippen LogP contribution in [0.15, 0.2) is 54.6 Å². The number of rotatable bonds is 4. The number of benzene rings is 2. The summed E-state index contributed by atoms with van der Waals surface area (Å²) in [4.78, 5) is 12.3. The van der Waals surface area contributed by atoms with Crippen molar-refractivity contribution in [2.75, 3.05) is 5.32 Å². The van der Waals surface area contributed by atoms with Gasteiger partial charge in [0, 0.05) is 5.69 Å². The summed E-state index contributed by atoms with van der Waals surface area (Å²) in [6, 6.07) is 18.7. The fourth-order valence-corrected chi connectivity index (χ4v) is 2.15. The Hall–Kier alpha value is -2.60. The minimum absolute atomic E-state index is 0.0474. The van der Waals surface area contributed by atoms with E-state index in [2.05, 4.69) is 11.4 Å². The average Bonchev–Trinajstić information content (AvgIpc) is 2.49. The van der Waals surface area contributed by atoms with E-state index >= 15 is 0 Å². The lowest BCUT2D eigenvalue weighted by atomic mass is 9.95. The monoisotopic (exact) mass is 264 g/mol. The van der Waals surface area contributed by atoms with Gasteiger partial charge in [0.2, 0.25) is 5.91 Å². The normalized spacial score (nSPS) is 11.4. The molecular formula is C17H16N2O. The van der Waals surface area contributed by atoms with Crippen LogP contribution in [0.2, 0.25) is 0 Å². The summed E-state index contributed by atoms with van der Waals surface area (Å²) < 4.78 is 0. The van der Waals surface area contributed by atoms with Gasteiger partial charge in [0.05, 0.1) is 17.6 Å². The lowest BCUT2D eigenvalue weighted by Crippen LogP contribution is -2.20. The third kappa shape index (κ3) is 3.24. The third-order valence-corrected chi connectivity index (χ3v) is 3.19. The molecule has 2 aromatic rings. The summed E-state index contributed by atoms with van der Waals surface area (Å²) in [5, 5.41) is 11.7. The molecule has 0 saturated heterocycles. The summed E-state index contributed by atoms with van der Waals surface area (Å²) in [7, 11) is 0. The van der Waals surface area contributed by atoms with Gasteiger partial charge >= 0.3 is 0 Å². The van der Waals surface area contributed by atoms with Crippen molar-refractivity contribution < 1.29 is 4.79 Å². The third-order valence-electron chi connectivity index (χ3n) is 3.19. The van der Waals surface area contributed by atoms with Crippen molar-refractivity contribution in [2.24, 2.45) is 0 Å². The van der Waals surface area contributed by atoms with Crippen molar-refractivity contribution in [1.29, 1.82) is 5.26 Å². The maximum absolute atomic E-state index is 12.3. The first-order valence-electron chi connectivity index (χ1n) is 6.60. The van der Waals surface area contributed by atoms with Crippen molar-refractivity contribution in [1.82, 2.24) is 0 Å². The molecule has 1 unspecified atom stereocenters. The van der Waals surface area contributed by atoms with Gasteiger partial charge in [0.1, 0.15) is 0 Å². The molecule has 2 rings (SSSR count). The Balaban J connectivity index is 2.16. The molecule has 2 aromatic carbocycles. The fraction of sp³-hybridized carbons (Fsp3) is 0.176. The molecule has 0 aliphatic rings. The second-order valence-electron chi connectivity index (χ2n) is 4.55. The summed E-state index contributed by atoms with van der Waals surface area (Å²) in [5.41, 5.74) is 2.20. The number of carbonyl (C=O) groups excluding carboxylic acids is 1. The van der Waals surface area contributed by atoms with E-state index in [0.29, 0.717) is 11.3 Å². The number of anilines is 1. The molecule has 0 saturated carbocycles. The van der Waals surface area contributed by atoms with Gasteiger partial charge in [-0.15, -0.1) is 0 Å². The average molecular weight is 264 g/mol. The van der Waals surface area contributed by atoms with E-state index < -0.39 is 0 Å². The molecule has 0 bridgehead atoms. The predicted molar refractivity (Wildman–Crippen MR) is 79.3 cm³/mol. The highest BCUT2D eigenvalue weighted by Crippen LogP contribution is 2.21. The molecule has 1 atom stereocenters. The highest BCUT2D eigenvalue weighted by atomic mass is 16.1. The van der Waals surface area contributed by atoms with Crippen LogP contribution in [0.3, 0.4) is 0 Å². The van der Waals surface area contributed by atoms with Gasteiger partial charge < -0.3 is 5.32 Å². The number of hydrogen-bond donors (Lipinski definition) is 1. The molecule has 0 spiro atoms. The zero-order valence-corrected chi connectivity index (χ0v) is 11.3. The maximum Gasteiger partial charge on any atom is 0.231 e. The highest BCUT2D eigenvalue weighted by molar-refractivity contribution is 5.95. The van der Waals surface area contributed by atoms with Crippen LogP contribution in [0.25, 0.3) is 0 Å².